The van der Waals surface area contributed by atoms with E-state index in [1.165, 1.54) is 0 Å². The van der Waals surface area contributed by atoms with Crippen LogP contribution in [0.25, 0.3) is 0 Å². The Morgan fingerprint density at radius 3 is 2.69 bits per heavy atom. The molecule has 0 fully saturated rings. The van der Waals surface area contributed by atoms with Gasteiger partial charge in [0.2, 0.25) is 0 Å². The van der Waals surface area contributed by atoms with Gasteiger partial charge in [-0.05, 0) is 47.2 Å². The van der Waals surface area contributed by atoms with Crippen LogP contribution in [0, 0.1) is 10.5 Å². The lowest BCUT2D eigenvalue weighted by atomic mass is 10.1. The van der Waals surface area contributed by atoms with Gasteiger partial charge >= 0.3 is 0 Å². The number of carbonyl (C=O) groups excluding carboxylic acids is 1. The fraction of sp³-hybridized carbons (Fsp3) is 0.222. The Bertz CT molecular complexity index is 350. The molecule has 0 saturated heterocycles. The number of halogens is 3. The number of benzene rings is 1. The molecule has 4 heteroatoms. The molecule has 0 aliphatic carbocycles. The summed E-state index contributed by atoms with van der Waals surface area (Å²) in [5.41, 5.74) is 1.53. The van der Waals surface area contributed by atoms with Crippen LogP contribution in [0.2, 0.25) is 5.02 Å². The first-order chi connectivity index (χ1) is 6.06. The molecule has 0 radical (unpaired) electrons. The van der Waals surface area contributed by atoms with E-state index in [1.807, 2.05) is 13.0 Å². The fourth-order valence-corrected chi connectivity index (χ4v) is 2.14. The Morgan fingerprint density at radius 2 is 2.15 bits per heavy atom. The summed E-state index contributed by atoms with van der Waals surface area (Å²) in [4.78, 5) is 11.3. The van der Waals surface area contributed by atoms with Crippen LogP contribution in [0.15, 0.2) is 12.1 Å². The summed E-state index contributed by atoms with van der Waals surface area (Å²) in [7, 11) is 0. The van der Waals surface area contributed by atoms with E-state index in [-0.39, 0.29) is 11.7 Å². The highest BCUT2D eigenvalue weighted by Gasteiger charge is 2.12. The van der Waals surface area contributed by atoms with Gasteiger partial charge in [-0.3, -0.25) is 4.79 Å². The molecule has 0 bridgehead atoms. The number of aryl methyl sites for hydroxylation is 1. The van der Waals surface area contributed by atoms with Crippen molar-refractivity contribution in [2.75, 3.05) is 5.88 Å². The Kier molecular flexibility index (Phi) is 4.01. The maximum Gasteiger partial charge on any atom is 0.179 e. The summed E-state index contributed by atoms with van der Waals surface area (Å²) in [6, 6.07) is 3.68. The normalized spacial score (nSPS) is 10.2. The minimum absolute atomic E-state index is 0.0285. The van der Waals surface area contributed by atoms with Gasteiger partial charge in [0.15, 0.2) is 5.78 Å². The number of alkyl halides is 1. The van der Waals surface area contributed by atoms with Gasteiger partial charge in [-0.15, -0.1) is 11.6 Å². The van der Waals surface area contributed by atoms with Gasteiger partial charge < -0.3 is 0 Å². The molecular weight excluding hydrogens is 322 g/mol. The van der Waals surface area contributed by atoms with Crippen LogP contribution in [0.5, 0.6) is 0 Å². The first kappa shape index (κ1) is 11.3. The number of Topliss-reactive ketones (excluding diaryl/α,β-unsaturated/α-hetero) is 1. The molecule has 13 heavy (non-hydrogen) atoms. The van der Waals surface area contributed by atoms with Crippen molar-refractivity contribution in [2.24, 2.45) is 0 Å². The van der Waals surface area contributed by atoms with E-state index in [2.05, 4.69) is 22.6 Å². The summed E-state index contributed by atoms with van der Waals surface area (Å²) in [5.74, 6) is -0.160. The molecule has 70 valence electrons. The van der Waals surface area contributed by atoms with Gasteiger partial charge in [-0.2, -0.15) is 0 Å². The van der Waals surface area contributed by atoms with Crippen LogP contribution in [-0.4, -0.2) is 11.7 Å². The quantitative estimate of drug-likeness (QED) is 0.460. The summed E-state index contributed by atoms with van der Waals surface area (Å²) in [5, 5.41) is 0.497. The molecule has 0 aliphatic rings. The average Bonchev–Trinajstić information content (AvgIpc) is 2.10. The van der Waals surface area contributed by atoms with Crippen molar-refractivity contribution in [3.63, 3.8) is 0 Å². The maximum absolute atomic E-state index is 11.3. The van der Waals surface area contributed by atoms with Crippen molar-refractivity contribution in [2.45, 2.75) is 6.92 Å². The lowest BCUT2D eigenvalue weighted by Gasteiger charge is -2.04. The molecule has 0 atom stereocenters. The summed E-state index contributed by atoms with van der Waals surface area (Å²) >= 11 is 13.5. The second kappa shape index (κ2) is 4.62. The van der Waals surface area contributed by atoms with Crippen molar-refractivity contribution >= 4 is 51.6 Å². The van der Waals surface area contributed by atoms with Crippen LogP contribution in [0.3, 0.4) is 0 Å². The van der Waals surface area contributed by atoms with E-state index >= 15 is 0 Å². The number of rotatable bonds is 2. The monoisotopic (exact) mass is 328 g/mol. The largest absolute Gasteiger partial charge is 0.293 e. The Labute approximate surface area is 101 Å². The van der Waals surface area contributed by atoms with Gasteiger partial charge in [0.1, 0.15) is 0 Å². The van der Waals surface area contributed by atoms with E-state index < -0.39 is 0 Å². The van der Waals surface area contributed by atoms with Gasteiger partial charge in [-0.1, -0.05) is 11.6 Å². The van der Waals surface area contributed by atoms with E-state index in [9.17, 15) is 4.79 Å². The molecule has 0 aromatic heterocycles. The maximum atomic E-state index is 11.3. The predicted octanol–water partition coefficient (Wildman–Crippen LogP) is 3.67. The molecule has 1 aromatic rings. The number of carbonyl (C=O) groups is 1. The number of ketones is 1. The minimum atomic E-state index is -0.131. The molecule has 0 N–H and O–H groups in total. The Balaban J connectivity index is 3.28. The predicted molar refractivity (Wildman–Crippen MR) is 64.0 cm³/mol. The van der Waals surface area contributed by atoms with Crippen LogP contribution < -0.4 is 0 Å². The second-order valence-corrected chi connectivity index (χ2v) is 4.47. The van der Waals surface area contributed by atoms with Crippen LogP contribution >= 0.6 is 45.8 Å². The standard InChI is InChI=1S/C9H7Cl2IO/c1-5-2-6(8(13)4-10)9(11)7(12)3-5/h2-3H,4H2,1H3. The van der Waals surface area contributed by atoms with Crippen molar-refractivity contribution in [3.05, 3.63) is 31.9 Å². The zero-order valence-corrected chi connectivity index (χ0v) is 10.6. The van der Waals surface area contributed by atoms with Crippen molar-refractivity contribution in [1.29, 1.82) is 0 Å². The first-order valence-electron chi connectivity index (χ1n) is 3.61. The van der Waals surface area contributed by atoms with Gasteiger partial charge in [-0.25, -0.2) is 0 Å². The third kappa shape index (κ3) is 2.58. The lowest BCUT2D eigenvalue weighted by molar-refractivity contribution is 0.102. The molecule has 1 nitrogen and oxygen atoms in total. The zero-order valence-electron chi connectivity index (χ0n) is 6.90. The van der Waals surface area contributed by atoms with Gasteiger partial charge in [0.25, 0.3) is 0 Å². The molecular formula is C9H7Cl2IO. The van der Waals surface area contributed by atoms with Crippen LogP contribution in [0.1, 0.15) is 15.9 Å². The molecule has 0 spiro atoms. The highest BCUT2D eigenvalue weighted by atomic mass is 127. The van der Waals surface area contributed by atoms with Crippen LogP contribution in [-0.2, 0) is 0 Å². The molecule has 0 heterocycles. The average molecular weight is 329 g/mol. The third-order valence-corrected chi connectivity index (χ3v) is 3.41. The highest BCUT2D eigenvalue weighted by Crippen LogP contribution is 2.25. The second-order valence-electron chi connectivity index (χ2n) is 2.67. The summed E-state index contributed by atoms with van der Waals surface area (Å²) in [6.07, 6.45) is 0. The topological polar surface area (TPSA) is 17.1 Å². The Morgan fingerprint density at radius 1 is 1.54 bits per heavy atom. The Hall–Kier alpha value is 0.200. The van der Waals surface area contributed by atoms with Crippen molar-refractivity contribution in [1.82, 2.24) is 0 Å². The molecule has 0 aliphatic heterocycles. The molecule has 0 amide bonds. The highest BCUT2D eigenvalue weighted by molar-refractivity contribution is 14.1. The zero-order chi connectivity index (χ0) is 10.0. The van der Waals surface area contributed by atoms with Crippen molar-refractivity contribution < 1.29 is 4.79 Å². The lowest BCUT2D eigenvalue weighted by Crippen LogP contribution is -2.02. The van der Waals surface area contributed by atoms with Gasteiger partial charge in [0, 0.05) is 9.13 Å². The minimum Gasteiger partial charge on any atom is -0.293 e. The number of hydrogen-bond donors (Lipinski definition) is 0. The van der Waals surface area contributed by atoms with Crippen molar-refractivity contribution in [3.8, 4) is 0 Å². The smallest absolute Gasteiger partial charge is 0.179 e. The van der Waals surface area contributed by atoms with E-state index in [1.54, 1.807) is 6.07 Å². The molecule has 1 rings (SSSR count). The number of hydrogen-bond acceptors (Lipinski definition) is 1. The van der Waals surface area contributed by atoms with E-state index in [4.69, 9.17) is 23.2 Å². The summed E-state index contributed by atoms with van der Waals surface area (Å²) < 4.78 is 0.882. The van der Waals surface area contributed by atoms with Gasteiger partial charge in [0.05, 0.1) is 10.9 Å². The molecule has 1 aromatic carbocycles. The van der Waals surface area contributed by atoms with Crippen LogP contribution in [0.4, 0.5) is 0 Å². The molecule has 0 unspecified atom stereocenters. The third-order valence-electron chi connectivity index (χ3n) is 1.59. The molecule has 0 saturated carbocycles. The summed E-state index contributed by atoms with van der Waals surface area (Å²) in [6.45, 7) is 1.92. The SMILES string of the molecule is Cc1cc(I)c(Cl)c(C(=O)CCl)c1. The first-order valence-corrected chi connectivity index (χ1v) is 5.60. The fourth-order valence-electron chi connectivity index (χ4n) is 0.999. The van der Waals surface area contributed by atoms with E-state index in [0.717, 1.165) is 9.13 Å². The van der Waals surface area contributed by atoms with E-state index in [0.29, 0.717) is 10.6 Å².